The van der Waals surface area contributed by atoms with E-state index in [0.29, 0.717) is 25.6 Å². The molecule has 0 saturated carbocycles. The number of carbonyl (C=O) groups excluding carboxylic acids is 2. The quantitative estimate of drug-likeness (QED) is 0.704. The number of hydrogen-bond donors (Lipinski definition) is 3. The van der Waals surface area contributed by atoms with Crippen molar-refractivity contribution in [2.75, 3.05) is 26.2 Å². The van der Waals surface area contributed by atoms with Gasteiger partial charge in [0.15, 0.2) is 0 Å². The third kappa shape index (κ3) is 7.00. The van der Waals surface area contributed by atoms with Crippen molar-refractivity contribution in [3.8, 4) is 0 Å². The number of rotatable bonds is 5. The molecule has 1 aliphatic rings. The van der Waals surface area contributed by atoms with E-state index in [9.17, 15) is 9.59 Å². The highest BCUT2D eigenvalue weighted by atomic mass is 35.5. The minimum Gasteiger partial charge on any atom is -0.352 e. The molecule has 4 N–H and O–H groups in total. The van der Waals surface area contributed by atoms with Crippen LogP contribution in [-0.2, 0) is 4.79 Å². The first-order valence-electron chi connectivity index (χ1n) is 7.47. The van der Waals surface area contributed by atoms with Gasteiger partial charge in [-0.3, -0.25) is 4.79 Å². The summed E-state index contributed by atoms with van der Waals surface area (Å²) in [6.07, 6.45) is 1.70. The number of halogens is 1. The van der Waals surface area contributed by atoms with Crippen molar-refractivity contribution in [2.45, 2.75) is 39.7 Å². The Morgan fingerprint density at radius 2 is 2.00 bits per heavy atom. The van der Waals surface area contributed by atoms with Crippen LogP contribution in [-0.4, -0.2) is 49.1 Å². The molecule has 1 rings (SSSR count). The van der Waals surface area contributed by atoms with E-state index in [4.69, 9.17) is 5.73 Å². The van der Waals surface area contributed by atoms with Crippen LogP contribution in [0, 0.1) is 11.8 Å². The number of nitrogens with two attached hydrogens (primary N) is 1. The van der Waals surface area contributed by atoms with Crippen LogP contribution in [0.3, 0.4) is 0 Å². The number of nitrogens with one attached hydrogen (secondary N) is 2. The molecule has 0 aromatic rings. The van der Waals surface area contributed by atoms with E-state index < -0.39 is 0 Å². The molecule has 0 aromatic carbocycles. The molecule has 0 aliphatic carbocycles. The Morgan fingerprint density at radius 1 is 1.33 bits per heavy atom. The Balaban J connectivity index is 0.00000400. The van der Waals surface area contributed by atoms with Gasteiger partial charge in [0.25, 0.3) is 0 Å². The first-order chi connectivity index (χ1) is 9.43. The average molecular weight is 321 g/mol. The molecule has 0 bridgehead atoms. The van der Waals surface area contributed by atoms with Crippen molar-refractivity contribution in [1.82, 2.24) is 15.5 Å². The summed E-state index contributed by atoms with van der Waals surface area (Å²) in [6, 6.07) is -0.0873. The van der Waals surface area contributed by atoms with Gasteiger partial charge in [-0.1, -0.05) is 13.8 Å². The third-order valence-corrected chi connectivity index (χ3v) is 3.48. The number of urea groups is 1. The number of likely N-dealkylation sites (tertiary alicyclic amines) is 1. The zero-order chi connectivity index (χ0) is 15.1. The molecule has 1 fully saturated rings. The van der Waals surface area contributed by atoms with Crippen molar-refractivity contribution < 1.29 is 9.59 Å². The molecule has 0 radical (unpaired) electrons. The number of nitrogens with zero attached hydrogens (tertiary/aromatic N) is 1. The molecule has 7 heteroatoms. The molecule has 124 valence electrons. The van der Waals surface area contributed by atoms with Gasteiger partial charge in [0.2, 0.25) is 5.91 Å². The van der Waals surface area contributed by atoms with Gasteiger partial charge in [0.1, 0.15) is 0 Å². The zero-order valence-electron chi connectivity index (χ0n) is 13.2. The van der Waals surface area contributed by atoms with Crippen LogP contribution in [0.2, 0.25) is 0 Å². The van der Waals surface area contributed by atoms with Crippen molar-refractivity contribution in [3.63, 3.8) is 0 Å². The highest BCUT2D eigenvalue weighted by Crippen LogP contribution is 2.16. The smallest absolute Gasteiger partial charge is 0.317 e. The molecule has 3 amide bonds. The van der Waals surface area contributed by atoms with Crippen LogP contribution in [0.4, 0.5) is 4.79 Å². The Hall–Kier alpha value is -1.01. The fourth-order valence-corrected chi connectivity index (χ4v) is 2.20. The number of carbonyl (C=O) groups is 2. The standard InChI is InChI=1S/C14H28N4O2.ClH/c1-10(2)8-16-14(20)18-6-4-5-12(9-18)13(19)17-11(3)7-15;/h10-12H,4-9,15H2,1-3H3,(H,16,20)(H,17,19);1H/t11-,12?;/m0./s1. The lowest BCUT2D eigenvalue weighted by molar-refractivity contribution is -0.126. The van der Waals surface area contributed by atoms with E-state index in [0.717, 1.165) is 19.4 Å². The van der Waals surface area contributed by atoms with Crippen LogP contribution in [0.1, 0.15) is 33.6 Å². The van der Waals surface area contributed by atoms with E-state index in [1.165, 1.54) is 0 Å². The van der Waals surface area contributed by atoms with Crippen LogP contribution in [0.25, 0.3) is 0 Å². The van der Waals surface area contributed by atoms with Gasteiger partial charge in [-0.25, -0.2) is 4.79 Å². The lowest BCUT2D eigenvalue weighted by atomic mass is 9.97. The van der Waals surface area contributed by atoms with Crippen molar-refractivity contribution in [3.05, 3.63) is 0 Å². The molecule has 1 saturated heterocycles. The molecule has 1 unspecified atom stereocenters. The molecule has 21 heavy (non-hydrogen) atoms. The highest BCUT2D eigenvalue weighted by Gasteiger charge is 2.28. The summed E-state index contributed by atoms with van der Waals surface area (Å²) < 4.78 is 0. The minimum atomic E-state index is -0.123. The van der Waals surface area contributed by atoms with Gasteiger partial charge in [-0.2, -0.15) is 0 Å². The fourth-order valence-electron chi connectivity index (χ4n) is 2.20. The number of piperidine rings is 1. The maximum absolute atomic E-state index is 12.1. The Kier molecular flexibility index (Phi) is 9.37. The van der Waals surface area contributed by atoms with Crippen molar-refractivity contribution in [2.24, 2.45) is 17.6 Å². The monoisotopic (exact) mass is 320 g/mol. The maximum atomic E-state index is 12.1. The molecular formula is C14H29ClN4O2. The lowest BCUT2D eigenvalue weighted by Gasteiger charge is -2.32. The third-order valence-electron chi connectivity index (χ3n) is 3.48. The van der Waals surface area contributed by atoms with Gasteiger partial charge >= 0.3 is 6.03 Å². The van der Waals surface area contributed by atoms with Crippen LogP contribution in [0.5, 0.6) is 0 Å². The van der Waals surface area contributed by atoms with Crippen LogP contribution >= 0.6 is 12.4 Å². The first-order valence-corrected chi connectivity index (χ1v) is 7.47. The number of amides is 3. The van der Waals surface area contributed by atoms with Crippen molar-refractivity contribution in [1.29, 1.82) is 0 Å². The molecule has 2 atom stereocenters. The molecule has 0 spiro atoms. The van der Waals surface area contributed by atoms with Crippen LogP contribution < -0.4 is 16.4 Å². The highest BCUT2D eigenvalue weighted by molar-refractivity contribution is 5.85. The topological polar surface area (TPSA) is 87.5 Å². The van der Waals surface area contributed by atoms with Crippen molar-refractivity contribution >= 4 is 24.3 Å². The summed E-state index contributed by atoms with van der Waals surface area (Å²) in [5.41, 5.74) is 5.50. The Labute approximate surface area is 133 Å². The van der Waals surface area contributed by atoms with E-state index in [-0.39, 0.29) is 36.3 Å². The molecule has 1 heterocycles. The summed E-state index contributed by atoms with van der Waals surface area (Å²) in [4.78, 5) is 25.8. The Morgan fingerprint density at radius 3 is 2.57 bits per heavy atom. The van der Waals surface area contributed by atoms with Gasteiger partial charge in [0, 0.05) is 32.2 Å². The molecular weight excluding hydrogens is 292 g/mol. The zero-order valence-corrected chi connectivity index (χ0v) is 14.0. The average Bonchev–Trinajstić information content (AvgIpc) is 2.44. The minimum absolute atomic E-state index is 0. The summed E-state index contributed by atoms with van der Waals surface area (Å²) in [7, 11) is 0. The van der Waals surface area contributed by atoms with E-state index in [2.05, 4.69) is 24.5 Å². The second-order valence-corrected chi connectivity index (χ2v) is 6.01. The largest absolute Gasteiger partial charge is 0.352 e. The van der Waals surface area contributed by atoms with Gasteiger partial charge in [-0.15, -0.1) is 12.4 Å². The SMILES string of the molecule is CC(C)CNC(=O)N1CCCC(C(=O)N[C@@H](C)CN)C1.Cl. The predicted molar refractivity (Wildman–Crippen MR) is 86.4 cm³/mol. The molecule has 1 aliphatic heterocycles. The van der Waals surface area contributed by atoms with Gasteiger partial charge in [0.05, 0.1) is 5.92 Å². The second-order valence-electron chi connectivity index (χ2n) is 6.01. The molecule has 0 aromatic heterocycles. The maximum Gasteiger partial charge on any atom is 0.317 e. The first kappa shape index (κ1) is 20.0. The fraction of sp³-hybridized carbons (Fsp3) is 0.857. The normalized spacial score (nSPS) is 19.7. The number of hydrogen-bond acceptors (Lipinski definition) is 3. The summed E-state index contributed by atoms with van der Waals surface area (Å²) in [5, 5.41) is 5.79. The molecule has 6 nitrogen and oxygen atoms in total. The van der Waals surface area contributed by atoms with Crippen LogP contribution in [0.15, 0.2) is 0 Å². The van der Waals surface area contributed by atoms with Gasteiger partial charge < -0.3 is 21.3 Å². The van der Waals surface area contributed by atoms with E-state index in [1.807, 2.05) is 6.92 Å². The Bertz CT molecular complexity index is 339. The van der Waals surface area contributed by atoms with Gasteiger partial charge in [-0.05, 0) is 25.7 Å². The van der Waals surface area contributed by atoms with E-state index >= 15 is 0 Å². The lowest BCUT2D eigenvalue weighted by Crippen LogP contribution is -2.51. The summed E-state index contributed by atoms with van der Waals surface area (Å²) >= 11 is 0. The summed E-state index contributed by atoms with van der Waals surface area (Å²) in [6.45, 7) is 8.30. The second kappa shape index (κ2) is 9.84. The summed E-state index contributed by atoms with van der Waals surface area (Å²) in [5.74, 6) is 0.306. The predicted octanol–water partition coefficient (Wildman–Crippen LogP) is 0.949. The van der Waals surface area contributed by atoms with E-state index in [1.54, 1.807) is 4.90 Å².